The highest BCUT2D eigenvalue weighted by Crippen LogP contribution is 2.21. The molecule has 0 N–H and O–H groups in total. The van der Waals surface area contributed by atoms with Crippen molar-refractivity contribution >= 4 is 5.91 Å². The minimum Gasteiger partial charge on any atom is -0.376 e. The first-order valence-electron chi connectivity index (χ1n) is 7.44. The number of ether oxygens (including phenoxy) is 1. The third-order valence-corrected chi connectivity index (χ3v) is 3.67. The molecule has 3 heteroatoms. The molecule has 1 fully saturated rings. The zero-order valence-electron chi connectivity index (χ0n) is 12.8. The van der Waals surface area contributed by atoms with Crippen LogP contribution in [0.4, 0.5) is 0 Å². The molecule has 2 rings (SSSR count). The van der Waals surface area contributed by atoms with Gasteiger partial charge in [-0.1, -0.05) is 18.2 Å². The highest BCUT2D eigenvalue weighted by Gasteiger charge is 2.24. The van der Waals surface area contributed by atoms with E-state index in [0.717, 1.165) is 38.1 Å². The zero-order valence-corrected chi connectivity index (χ0v) is 12.8. The van der Waals surface area contributed by atoms with Gasteiger partial charge >= 0.3 is 0 Å². The second-order valence-corrected chi connectivity index (χ2v) is 6.52. The molecule has 20 heavy (non-hydrogen) atoms. The van der Waals surface area contributed by atoms with Crippen molar-refractivity contribution in [2.75, 3.05) is 19.7 Å². The average Bonchev–Trinajstić information content (AvgIpc) is 2.45. The maximum Gasteiger partial charge on any atom is 0.253 e. The second kappa shape index (κ2) is 6.40. The van der Waals surface area contributed by atoms with Crippen molar-refractivity contribution in [3.05, 3.63) is 35.9 Å². The molecular weight excluding hydrogens is 250 g/mol. The van der Waals surface area contributed by atoms with E-state index in [-0.39, 0.29) is 11.5 Å². The smallest absolute Gasteiger partial charge is 0.253 e. The predicted octanol–water partition coefficient (Wildman–Crippen LogP) is 3.35. The fourth-order valence-corrected chi connectivity index (χ4v) is 2.43. The van der Waals surface area contributed by atoms with E-state index in [1.807, 2.05) is 35.2 Å². The molecule has 0 unspecified atom stereocenters. The Morgan fingerprint density at radius 1 is 1.20 bits per heavy atom. The summed E-state index contributed by atoms with van der Waals surface area (Å²) in [7, 11) is 0. The standard InChI is InChI=1S/C17H25NO2/c1-17(2,3)20-13-14-9-11-18(12-10-14)16(19)15-7-5-4-6-8-15/h4-8,14H,9-13H2,1-3H3. The van der Waals surface area contributed by atoms with Crippen molar-refractivity contribution in [2.45, 2.75) is 39.2 Å². The van der Waals surface area contributed by atoms with Crippen LogP contribution < -0.4 is 0 Å². The van der Waals surface area contributed by atoms with Crippen molar-refractivity contribution in [3.63, 3.8) is 0 Å². The summed E-state index contributed by atoms with van der Waals surface area (Å²) in [4.78, 5) is 14.3. The van der Waals surface area contributed by atoms with Crippen LogP contribution in [0.3, 0.4) is 0 Å². The fraction of sp³-hybridized carbons (Fsp3) is 0.588. The van der Waals surface area contributed by atoms with Crippen molar-refractivity contribution < 1.29 is 9.53 Å². The molecule has 1 aromatic carbocycles. The SMILES string of the molecule is CC(C)(C)OCC1CCN(C(=O)c2ccccc2)CC1. The van der Waals surface area contributed by atoms with E-state index in [9.17, 15) is 4.79 Å². The van der Waals surface area contributed by atoms with Crippen molar-refractivity contribution in [1.82, 2.24) is 4.90 Å². The molecule has 0 spiro atoms. The molecule has 0 aromatic heterocycles. The molecule has 110 valence electrons. The van der Waals surface area contributed by atoms with Gasteiger partial charge in [0.25, 0.3) is 5.91 Å². The molecular formula is C17H25NO2. The van der Waals surface area contributed by atoms with Gasteiger partial charge in [-0.2, -0.15) is 0 Å². The third kappa shape index (κ3) is 4.34. The molecule has 1 aliphatic heterocycles. The molecule has 3 nitrogen and oxygen atoms in total. The number of nitrogens with zero attached hydrogens (tertiary/aromatic N) is 1. The molecule has 0 bridgehead atoms. The number of amides is 1. The number of likely N-dealkylation sites (tertiary alicyclic amines) is 1. The molecule has 1 amide bonds. The van der Waals surface area contributed by atoms with E-state index >= 15 is 0 Å². The number of rotatable bonds is 3. The van der Waals surface area contributed by atoms with E-state index in [1.54, 1.807) is 0 Å². The van der Waals surface area contributed by atoms with E-state index < -0.39 is 0 Å². The molecule has 1 saturated heterocycles. The summed E-state index contributed by atoms with van der Waals surface area (Å²) in [6.45, 7) is 8.73. The lowest BCUT2D eigenvalue weighted by atomic mass is 9.97. The van der Waals surface area contributed by atoms with Gasteiger partial charge in [-0.15, -0.1) is 0 Å². The molecule has 1 aromatic rings. The van der Waals surface area contributed by atoms with Crippen LogP contribution in [0.25, 0.3) is 0 Å². The first-order chi connectivity index (χ1) is 9.46. The van der Waals surface area contributed by atoms with Gasteiger partial charge < -0.3 is 9.64 Å². The van der Waals surface area contributed by atoms with Gasteiger partial charge in [0, 0.05) is 18.7 Å². The van der Waals surface area contributed by atoms with Crippen LogP contribution >= 0.6 is 0 Å². The highest BCUT2D eigenvalue weighted by atomic mass is 16.5. The summed E-state index contributed by atoms with van der Waals surface area (Å²) < 4.78 is 5.85. The summed E-state index contributed by atoms with van der Waals surface area (Å²) in [6, 6.07) is 9.54. The zero-order chi connectivity index (χ0) is 14.6. The summed E-state index contributed by atoms with van der Waals surface area (Å²) in [5, 5.41) is 0. The Labute approximate surface area is 121 Å². The summed E-state index contributed by atoms with van der Waals surface area (Å²) in [5.41, 5.74) is 0.716. The van der Waals surface area contributed by atoms with Gasteiger partial charge in [-0.05, 0) is 51.7 Å². The van der Waals surface area contributed by atoms with E-state index in [4.69, 9.17) is 4.74 Å². The molecule has 0 aliphatic carbocycles. The maximum atomic E-state index is 12.3. The number of carbonyl (C=O) groups is 1. The minimum atomic E-state index is -0.0724. The van der Waals surface area contributed by atoms with Gasteiger partial charge in [0.05, 0.1) is 12.2 Å². The van der Waals surface area contributed by atoms with Crippen LogP contribution in [-0.4, -0.2) is 36.1 Å². The van der Waals surface area contributed by atoms with Crippen LogP contribution in [-0.2, 0) is 4.74 Å². The van der Waals surface area contributed by atoms with E-state index in [2.05, 4.69) is 20.8 Å². The van der Waals surface area contributed by atoms with Gasteiger partial charge in [0.1, 0.15) is 0 Å². The lowest BCUT2D eigenvalue weighted by Crippen LogP contribution is -2.40. The Kier molecular flexibility index (Phi) is 4.81. The lowest BCUT2D eigenvalue weighted by Gasteiger charge is -2.33. The number of carbonyl (C=O) groups excluding carboxylic acids is 1. The topological polar surface area (TPSA) is 29.5 Å². The highest BCUT2D eigenvalue weighted by molar-refractivity contribution is 5.94. The molecule has 0 radical (unpaired) electrons. The second-order valence-electron chi connectivity index (χ2n) is 6.52. The third-order valence-electron chi connectivity index (χ3n) is 3.67. The largest absolute Gasteiger partial charge is 0.376 e. The number of piperidine rings is 1. The Morgan fingerprint density at radius 3 is 2.35 bits per heavy atom. The molecule has 1 heterocycles. The average molecular weight is 275 g/mol. The number of benzene rings is 1. The minimum absolute atomic E-state index is 0.0724. The van der Waals surface area contributed by atoms with Crippen LogP contribution in [0.5, 0.6) is 0 Å². The van der Waals surface area contributed by atoms with Crippen molar-refractivity contribution in [2.24, 2.45) is 5.92 Å². The Balaban J connectivity index is 1.81. The van der Waals surface area contributed by atoms with E-state index in [1.165, 1.54) is 0 Å². The Bertz CT molecular complexity index is 428. The van der Waals surface area contributed by atoms with E-state index in [0.29, 0.717) is 5.92 Å². The normalized spacial score (nSPS) is 17.2. The van der Waals surface area contributed by atoms with Crippen LogP contribution in [0.2, 0.25) is 0 Å². The fourth-order valence-electron chi connectivity index (χ4n) is 2.43. The Morgan fingerprint density at radius 2 is 1.80 bits per heavy atom. The molecule has 0 saturated carbocycles. The van der Waals surface area contributed by atoms with Crippen LogP contribution in [0.15, 0.2) is 30.3 Å². The first-order valence-corrected chi connectivity index (χ1v) is 7.44. The number of hydrogen-bond donors (Lipinski definition) is 0. The summed E-state index contributed by atoms with van der Waals surface area (Å²) >= 11 is 0. The van der Waals surface area contributed by atoms with Gasteiger partial charge in [-0.25, -0.2) is 0 Å². The van der Waals surface area contributed by atoms with Gasteiger partial charge in [0.15, 0.2) is 0 Å². The maximum absolute atomic E-state index is 12.3. The molecule has 1 aliphatic rings. The molecule has 0 atom stereocenters. The number of hydrogen-bond acceptors (Lipinski definition) is 2. The lowest BCUT2D eigenvalue weighted by molar-refractivity contribution is -0.0314. The van der Waals surface area contributed by atoms with Gasteiger partial charge in [-0.3, -0.25) is 4.79 Å². The Hall–Kier alpha value is -1.35. The van der Waals surface area contributed by atoms with Crippen molar-refractivity contribution in [3.8, 4) is 0 Å². The van der Waals surface area contributed by atoms with Crippen LogP contribution in [0.1, 0.15) is 44.0 Å². The van der Waals surface area contributed by atoms with Crippen molar-refractivity contribution in [1.29, 1.82) is 0 Å². The first kappa shape index (κ1) is 15.0. The summed E-state index contributed by atoms with van der Waals surface area (Å²) in [6.07, 6.45) is 2.07. The predicted molar refractivity (Wildman–Crippen MR) is 80.8 cm³/mol. The van der Waals surface area contributed by atoms with Gasteiger partial charge in [0.2, 0.25) is 0 Å². The van der Waals surface area contributed by atoms with Crippen LogP contribution in [0, 0.1) is 5.92 Å². The summed E-state index contributed by atoms with van der Waals surface area (Å²) in [5.74, 6) is 0.731. The quantitative estimate of drug-likeness (QED) is 0.846. The monoisotopic (exact) mass is 275 g/mol.